The minimum Gasteiger partial charge on any atom is -0.481 e. The predicted molar refractivity (Wildman–Crippen MR) is 80.4 cm³/mol. The molecule has 0 fully saturated rings. The Hall–Kier alpha value is -0.610. The van der Waals surface area contributed by atoms with E-state index in [-0.39, 0.29) is 5.41 Å². The van der Waals surface area contributed by atoms with Gasteiger partial charge < -0.3 is 5.11 Å². The zero-order valence-corrected chi connectivity index (χ0v) is 14.2. The smallest absolute Gasteiger partial charge is 0.309 e. The minimum absolute atomic E-state index is 0.0469. The highest BCUT2D eigenvalue weighted by atomic mass is 17.2. The van der Waals surface area contributed by atoms with E-state index in [4.69, 9.17) is 9.78 Å². The lowest BCUT2D eigenvalue weighted by Gasteiger charge is -2.40. The summed E-state index contributed by atoms with van der Waals surface area (Å²) >= 11 is 0. The summed E-state index contributed by atoms with van der Waals surface area (Å²) in [7, 11) is 0. The highest BCUT2D eigenvalue weighted by Crippen LogP contribution is 2.37. The summed E-state index contributed by atoms with van der Waals surface area (Å²) in [5.74, 6) is -1.34. The highest BCUT2D eigenvalue weighted by Gasteiger charge is 2.39. The van der Waals surface area contributed by atoms with Crippen LogP contribution in [0, 0.1) is 11.3 Å². The van der Waals surface area contributed by atoms with Gasteiger partial charge in [0.05, 0.1) is 5.92 Å². The first kappa shape index (κ1) is 19.4. The Labute approximate surface area is 123 Å². The molecule has 20 heavy (non-hydrogen) atoms. The number of rotatable bonds is 10. The van der Waals surface area contributed by atoms with Crippen LogP contribution in [0.25, 0.3) is 0 Å². The topological polar surface area (TPSA) is 55.8 Å². The van der Waals surface area contributed by atoms with Crippen molar-refractivity contribution in [2.24, 2.45) is 11.3 Å². The van der Waals surface area contributed by atoms with Gasteiger partial charge in [-0.05, 0) is 38.5 Å². The molecule has 0 heterocycles. The van der Waals surface area contributed by atoms with Gasteiger partial charge in [-0.3, -0.25) is 4.79 Å². The van der Waals surface area contributed by atoms with Gasteiger partial charge in [-0.1, -0.05) is 41.0 Å². The van der Waals surface area contributed by atoms with Gasteiger partial charge in [-0.25, -0.2) is 9.78 Å². The molecule has 2 atom stereocenters. The molecule has 2 unspecified atom stereocenters. The molecule has 0 aliphatic rings. The molecule has 0 rings (SSSR count). The molecule has 0 aromatic rings. The summed E-state index contributed by atoms with van der Waals surface area (Å²) in [6, 6.07) is 0. The van der Waals surface area contributed by atoms with E-state index < -0.39 is 23.6 Å². The van der Waals surface area contributed by atoms with Crippen molar-refractivity contribution in [2.75, 3.05) is 0 Å². The van der Waals surface area contributed by atoms with Crippen molar-refractivity contribution >= 4 is 5.97 Å². The van der Waals surface area contributed by atoms with E-state index in [9.17, 15) is 9.90 Å². The van der Waals surface area contributed by atoms with Crippen LogP contribution < -0.4 is 0 Å². The fourth-order valence-electron chi connectivity index (χ4n) is 1.92. The molecule has 4 heteroatoms. The number of carbonyl (C=O) groups is 1. The fraction of sp³-hybridized carbons (Fsp3) is 0.938. The van der Waals surface area contributed by atoms with Crippen molar-refractivity contribution in [2.45, 2.75) is 85.9 Å². The van der Waals surface area contributed by atoms with Crippen molar-refractivity contribution in [1.82, 2.24) is 0 Å². The van der Waals surface area contributed by atoms with Gasteiger partial charge >= 0.3 is 5.97 Å². The molecule has 0 saturated heterocycles. The number of hydrogen-bond acceptors (Lipinski definition) is 3. The minimum atomic E-state index is -0.817. The van der Waals surface area contributed by atoms with Crippen molar-refractivity contribution in [1.29, 1.82) is 0 Å². The number of hydrogen-bond donors (Lipinski definition) is 1. The standard InChI is InChI=1S/C16H32O4/c1-8-11-13(12(9-2)14(17)18)19-20-16(6,7)15(4,5)10-3/h12-13H,8-11H2,1-7H3,(H,17,18). The Balaban J connectivity index is 4.82. The third-order valence-corrected chi connectivity index (χ3v) is 4.67. The van der Waals surface area contributed by atoms with Gasteiger partial charge in [0.1, 0.15) is 11.7 Å². The Morgan fingerprint density at radius 3 is 2.05 bits per heavy atom. The molecule has 0 spiro atoms. The van der Waals surface area contributed by atoms with Gasteiger partial charge in [0.25, 0.3) is 0 Å². The molecule has 0 radical (unpaired) electrons. The molecular formula is C16H32O4. The Morgan fingerprint density at radius 1 is 1.15 bits per heavy atom. The maximum absolute atomic E-state index is 11.3. The maximum atomic E-state index is 11.3. The van der Waals surface area contributed by atoms with Crippen LogP contribution in [0.15, 0.2) is 0 Å². The second kappa shape index (κ2) is 7.99. The Kier molecular flexibility index (Phi) is 7.74. The van der Waals surface area contributed by atoms with Gasteiger partial charge in [0.15, 0.2) is 0 Å². The zero-order valence-electron chi connectivity index (χ0n) is 14.2. The first-order valence-electron chi connectivity index (χ1n) is 7.70. The fourth-order valence-corrected chi connectivity index (χ4v) is 1.92. The molecule has 0 aliphatic carbocycles. The van der Waals surface area contributed by atoms with Crippen LogP contribution in [0.4, 0.5) is 0 Å². The first-order valence-corrected chi connectivity index (χ1v) is 7.70. The summed E-state index contributed by atoms with van der Waals surface area (Å²) in [6.07, 6.45) is 2.66. The molecule has 1 N–H and O–H groups in total. The van der Waals surface area contributed by atoms with Crippen LogP contribution in [0.3, 0.4) is 0 Å². The van der Waals surface area contributed by atoms with Crippen molar-refractivity contribution in [3.05, 3.63) is 0 Å². The number of carboxylic acid groups (broad SMARTS) is 1. The predicted octanol–water partition coefficient (Wildman–Crippen LogP) is 4.43. The number of carboxylic acids is 1. The van der Waals surface area contributed by atoms with Crippen molar-refractivity contribution in [3.8, 4) is 0 Å². The molecule has 4 nitrogen and oxygen atoms in total. The molecule has 0 saturated carbocycles. The summed E-state index contributed by atoms with van der Waals surface area (Å²) in [6.45, 7) is 14.2. The molecule has 0 aromatic carbocycles. The normalized spacial score (nSPS) is 15.9. The molecule has 0 amide bonds. The van der Waals surface area contributed by atoms with Crippen LogP contribution in [-0.2, 0) is 14.6 Å². The van der Waals surface area contributed by atoms with E-state index in [1.165, 1.54) is 0 Å². The van der Waals surface area contributed by atoms with E-state index >= 15 is 0 Å². The summed E-state index contributed by atoms with van der Waals surface area (Å²) in [5.41, 5.74) is -0.515. The summed E-state index contributed by atoms with van der Waals surface area (Å²) in [5, 5.41) is 9.27. The lowest BCUT2D eigenvalue weighted by Crippen LogP contribution is -2.43. The lowest BCUT2D eigenvalue weighted by atomic mass is 9.75. The molecule has 0 bridgehead atoms. The third-order valence-electron chi connectivity index (χ3n) is 4.67. The van der Waals surface area contributed by atoms with E-state index in [1.807, 2.05) is 27.7 Å². The Morgan fingerprint density at radius 2 is 1.70 bits per heavy atom. The van der Waals surface area contributed by atoms with E-state index in [2.05, 4.69) is 20.8 Å². The lowest BCUT2D eigenvalue weighted by molar-refractivity contribution is -0.402. The zero-order chi connectivity index (χ0) is 16.0. The second-order valence-corrected chi connectivity index (χ2v) is 6.61. The Bertz CT molecular complexity index is 297. The quantitative estimate of drug-likeness (QED) is 0.477. The van der Waals surface area contributed by atoms with Crippen LogP contribution in [0.5, 0.6) is 0 Å². The highest BCUT2D eigenvalue weighted by molar-refractivity contribution is 5.70. The van der Waals surface area contributed by atoms with Gasteiger partial charge in [-0.15, -0.1) is 0 Å². The van der Waals surface area contributed by atoms with Gasteiger partial charge in [0, 0.05) is 0 Å². The SMILES string of the molecule is CCCC(OOC(C)(C)C(C)(C)CC)C(CC)C(=O)O. The van der Waals surface area contributed by atoms with E-state index in [0.29, 0.717) is 12.8 Å². The largest absolute Gasteiger partial charge is 0.481 e. The van der Waals surface area contributed by atoms with Crippen LogP contribution in [0.2, 0.25) is 0 Å². The van der Waals surface area contributed by atoms with E-state index in [0.717, 1.165) is 12.8 Å². The van der Waals surface area contributed by atoms with Crippen LogP contribution in [0.1, 0.15) is 74.1 Å². The molecule has 120 valence electrons. The van der Waals surface area contributed by atoms with Crippen molar-refractivity contribution < 1.29 is 19.7 Å². The van der Waals surface area contributed by atoms with Gasteiger partial charge in [0.2, 0.25) is 0 Å². The average Bonchev–Trinajstić information content (AvgIpc) is 2.36. The monoisotopic (exact) mass is 288 g/mol. The van der Waals surface area contributed by atoms with Crippen LogP contribution in [-0.4, -0.2) is 22.8 Å². The second-order valence-electron chi connectivity index (χ2n) is 6.61. The van der Waals surface area contributed by atoms with Gasteiger partial charge in [-0.2, -0.15) is 0 Å². The first-order chi connectivity index (χ1) is 9.12. The maximum Gasteiger partial charge on any atom is 0.309 e. The molecule has 0 aromatic heterocycles. The third kappa shape index (κ3) is 5.06. The average molecular weight is 288 g/mol. The summed E-state index contributed by atoms with van der Waals surface area (Å²) < 4.78 is 0. The summed E-state index contributed by atoms with van der Waals surface area (Å²) in [4.78, 5) is 22.5. The molecule has 0 aliphatic heterocycles. The molecular weight excluding hydrogens is 256 g/mol. The van der Waals surface area contributed by atoms with Crippen molar-refractivity contribution in [3.63, 3.8) is 0 Å². The van der Waals surface area contributed by atoms with Crippen LogP contribution >= 0.6 is 0 Å². The van der Waals surface area contributed by atoms with E-state index in [1.54, 1.807) is 0 Å². The number of aliphatic carboxylic acids is 1.